The van der Waals surface area contributed by atoms with Gasteiger partial charge in [0.1, 0.15) is 0 Å². The number of hydrogen-bond donors (Lipinski definition) is 0. The molecule has 1 aliphatic rings. The molecule has 2 amide bonds. The molecule has 0 unspecified atom stereocenters. The Bertz CT molecular complexity index is 795. The van der Waals surface area contributed by atoms with Crippen LogP contribution in [0.2, 0.25) is 0 Å². The predicted molar refractivity (Wildman–Crippen MR) is 96.6 cm³/mol. The number of benzene rings is 1. The minimum Gasteiger partial charge on any atom is -0.490 e. The maximum absolute atomic E-state index is 12.2. The first-order valence-corrected chi connectivity index (χ1v) is 8.47. The minimum atomic E-state index is -0.515. The number of amides is 2. The van der Waals surface area contributed by atoms with Gasteiger partial charge in [-0.15, -0.1) is 6.42 Å². The van der Waals surface area contributed by atoms with E-state index in [0.717, 1.165) is 16.7 Å². The molecule has 2 rings (SSSR count). The third-order valence-electron chi connectivity index (χ3n) is 3.26. The molecule has 0 aliphatic carbocycles. The van der Waals surface area contributed by atoms with Crippen LogP contribution in [-0.2, 0) is 14.3 Å². The second-order valence-electron chi connectivity index (χ2n) is 4.98. The summed E-state index contributed by atoms with van der Waals surface area (Å²) in [7, 11) is 1.27. The highest BCUT2D eigenvalue weighted by Crippen LogP contribution is 2.34. The van der Waals surface area contributed by atoms with Gasteiger partial charge in [0.25, 0.3) is 11.1 Å². The number of carbonyl (C=O) groups excluding carboxylic acids is 3. The van der Waals surface area contributed by atoms with Crippen LogP contribution in [0.3, 0.4) is 0 Å². The van der Waals surface area contributed by atoms with E-state index in [4.69, 9.17) is 15.9 Å². The Kier molecular flexibility index (Phi) is 6.69. The van der Waals surface area contributed by atoms with Crippen molar-refractivity contribution in [2.75, 3.05) is 26.9 Å². The molecule has 1 fully saturated rings. The van der Waals surface area contributed by atoms with Gasteiger partial charge in [0.05, 0.1) is 25.2 Å². The van der Waals surface area contributed by atoms with E-state index in [1.807, 2.05) is 6.92 Å². The smallest absolute Gasteiger partial charge is 0.343 e. The molecule has 136 valence electrons. The molecule has 1 saturated heterocycles. The third-order valence-corrected chi connectivity index (χ3v) is 4.17. The molecule has 0 atom stereocenters. The van der Waals surface area contributed by atoms with Crippen molar-refractivity contribution in [1.82, 2.24) is 4.90 Å². The standard InChI is InChI=1S/C18H17NO6S/c1-4-8-19-17(21)15(26-18(19)22)10-12-6-7-13(14(9-12)24-5-2)25-11-16(20)23-3/h1,6-7,9-10H,5,8,11H2,2-3H3/b15-10+. The van der Waals surface area contributed by atoms with E-state index in [9.17, 15) is 14.4 Å². The Labute approximate surface area is 155 Å². The Balaban J connectivity index is 2.24. The molecule has 0 bridgehead atoms. The number of thioether (sulfide) groups is 1. The maximum Gasteiger partial charge on any atom is 0.343 e. The zero-order valence-electron chi connectivity index (χ0n) is 14.3. The summed E-state index contributed by atoms with van der Waals surface area (Å²) in [6, 6.07) is 4.96. The molecular weight excluding hydrogens is 358 g/mol. The molecule has 7 nitrogen and oxygen atoms in total. The molecule has 0 radical (unpaired) electrons. The number of hydrogen-bond acceptors (Lipinski definition) is 7. The van der Waals surface area contributed by atoms with Crippen molar-refractivity contribution in [1.29, 1.82) is 0 Å². The van der Waals surface area contributed by atoms with Crippen LogP contribution in [0.15, 0.2) is 23.1 Å². The Morgan fingerprint density at radius 3 is 2.73 bits per heavy atom. The summed E-state index contributed by atoms with van der Waals surface area (Å²) in [6.07, 6.45) is 6.75. The van der Waals surface area contributed by atoms with Crippen LogP contribution in [0.4, 0.5) is 4.79 Å². The van der Waals surface area contributed by atoms with Crippen LogP contribution in [0.5, 0.6) is 11.5 Å². The number of esters is 1. The van der Waals surface area contributed by atoms with Gasteiger partial charge in [-0.2, -0.15) is 0 Å². The first kappa shape index (κ1) is 19.4. The van der Waals surface area contributed by atoms with Crippen molar-refractivity contribution in [3.8, 4) is 23.8 Å². The normalized spacial score (nSPS) is 15.1. The van der Waals surface area contributed by atoms with Crippen molar-refractivity contribution < 1.29 is 28.6 Å². The summed E-state index contributed by atoms with van der Waals surface area (Å²) in [5, 5.41) is -0.401. The molecule has 0 N–H and O–H groups in total. The van der Waals surface area contributed by atoms with Gasteiger partial charge in [-0.1, -0.05) is 12.0 Å². The van der Waals surface area contributed by atoms with Crippen LogP contribution in [0.1, 0.15) is 12.5 Å². The number of nitrogens with zero attached hydrogens (tertiary/aromatic N) is 1. The Morgan fingerprint density at radius 1 is 1.31 bits per heavy atom. The highest BCUT2D eigenvalue weighted by molar-refractivity contribution is 8.18. The summed E-state index contributed by atoms with van der Waals surface area (Å²) in [4.78, 5) is 36.5. The predicted octanol–water partition coefficient (Wildman–Crippen LogP) is 2.31. The van der Waals surface area contributed by atoms with E-state index < -0.39 is 17.1 Å². The molecular formula is C18H17NO6S. The van der Waals surface area contributed by atoms with Gasteiger partial charge in [0.2, 0.25) is 0 Å². The lowest BCUT2D eigenvalue weighted by atomic mass is 10.2. The summed E-state index contributed by atoms with van der Waals surface area (Å²) < 4.78 is 15.4. The van der Waals surface area contributed by atoms with Gasteiger partial charge in [-0.05, 0) is 42.5 Å². The molecule has 0 saturated carbocycles. The molecule has 8 heteroatoms. The average molecular weight is 375 g/mol. The summed E-state index contributed by atoms with van der Waals surface area (Å²) >= 11 is 0.827. The lowest BCUT2D eigenvalue weighted by molar-refractivity contribution is -0.142. The first-order valence-electron chi connectivity index (χ1n) is 7.65. The first-order chi connectivity index (χ1) is 12.5. The van der Waals surface area contributed by atoms with Gasteiger partial charge in [0.15, 0.2) is 18.1 Å². The molecule has 0 aromatic heterocycles. The number of imide groups is 1. The quantitative estimate of drug-likeness (QED) is 0.411. The Morgan fingerprint density at radius 2 is 2.08 bits per heavy atom. The minimum absolute atomic E-state index is 0.0630. The fourth-order valence-corrected chi connectivity index (χ4v) is 2.91. The summed E-state index contributed by atoms with van der Waals surface area (Å²) in [5.41, 5.74) is 0.644. The number of terminal acetylenes is 1. The summed E-state index contributed by atoms with van der Waals surface area (Å²) in [5.74, 6) is 2.12. The number of rotatable bonds is 7. The summed E-state index contributed by atoms with van der Waals surface area (Å²) in [6.45, 7) is 1.88. The van der Waals surface area contributed by atoms with E-state index in [0.29, 0.717) is 23.7 Å². The van der Waals surface area contributed by atoms with E-state index >= 15 is 0 Å². The van der Waals surface area contributed by atoms with Crippen molar-refractivity contribution in [3.63, 3.8) is 0 Å². The van der Waals surface area contributed by atoms with Gasteiger partial charge in [0, 0.05) is 0 Å². The van der Waals surface area contributed by atoms with E-state index in [2.05, 4.69) is 10.7 Å². The molecule has 1 heterocycles. The fourth-order valence-electron chi connectivity index (χ4n) is 2.08. The van der Waals surface area contributed by atoms with Gasteiger partial charge < -0.3 is 14.2 Å². The molecule has 26 heavy (non-hydrogen) atoms. The molecule has 1 aliphatic heterocycles. The molecule has 1 aromatic carbocycles. The monoisotopic (exact) mass is 375 g/mol. The van der Waals surface area contributed by atoms with Crippen LogP contribution >= 0.6 is 11.8 Å². The second kappa shape index (κ2) is 8.97. The second-order valence-corrected chi connectivity index (χ2v) is 5.97. The zero-order chi connectivity index (χ0) is 19.1. The topological polar surface area (TPSA) is 82.1 Å². The van der Waals surface area contributed by atoms with Crippen LogP contribution in [0.25, 0.3) is 6.08 Å². The number of carbonyl (C=O) groups is 3. The van der Waals surface area contributed by atoms with Crippen LogP contribution < -0.4 is 9.47 Å². The number of ether oxygens (including phenoxy) is 3. The van der Waals surface area contributed by atoms with Crippen LogP contribution in [-0.4, -0.2) is 48.9 Å². The lowest BCUT2D eigenvalue weighted by Gasteiger charge is -2.12. The molecule has 1 aromatic rings. The van der Waals surface area contributed by atoms with Crippen LogP contribution in [0, 0.1) is 12.3 Å². The number of methoxy groups -OCH3 is 1. The highest BCUT2D eigenvalue weighted by atomic mass is 32.2. The van der Waals surface area contributed by atoms with E-state index in [1.54, 1.807) is 24.3 Å². The van der Waals surface area contributed by atoms with Crippen molar-refractivity contribution in [3.05, 3.63) is 28.7 Å². The van der Waals surface area contributed by atoms with Gasteiger partial charge in [-0.3, -0.25) is 14.5 Å². The van der Waals surface area contributed by atoms with E-state index in [1.165, 1.54) is 7.11 Å². The fraction of sp³-hybridized carbons (Fsp3) is 0.278. The molecule has 0 spiro atoms. The highest BCUT2D eigenvalue weighted by Gasteiger charge is 2.34. The van der Waals surface area contributed by atoms with Crippen molar-refractivity contribution >= 4 is 35.0 Å². The average Bonchev–Trinajstić information content (AvgIpc) is 2.89. The third kappa shape index (κ3) is 4.58. The lowest BCUT2D eigenvalue weighted by Crippen LogP contribution is -2.28. The maximum atomic E-state index is 12.2. The van der Waals surface area contributed by atoms with Crippen molar-refractivity contribution in [2.24, 2.45) is 0 Å². The van der Waals surface area contributed by atoms with Gasteiger partial charge in [-0.25, -0.2) is 4.79 Å². The van der Waals surface area contributed by atoms with Crippen molar-refractivity contribution in [2.45, 2.75) is 6.92 Å². The Hall–Kier alpha value is -2.92. The zero-order valence-corrected chi connectivity index (χ0v) is 15.1. The van der Waals surface area contributed by atoms with E-state index in [-0.39, 0.29) is 18.1 Å². The SMILES string of the molecule is C#CCN1C(=O)S/C(=C/c2ccc(OCC(=O)OC)c(OCC)c2)C1=O. The van der Waals surface area contributed by atoms with Gasteiger partial charge >= 0.3 is 5.97 Å². The largest absolute Gasteiger partial charge is 0.490 e.